The molecule has 2 aromatic rings. The van der Waals surface area contributed by atoms with Gasteiger partial charge in [0, 0.05) is 29.5 Å². The van der Waals surface area contributed by atoms with Gasteiger partial charge in [0.25, 0.3) is 10.0 Å². The molecule has 0 amide bonds. The second-order valence-corrected chi connectivity index (χ2v) is 7.94. The lowest BCUT2D eigenvalue weighted by molar-refractivity contribution is 0.470. The molecule has 2 N–H and O–H groups in total. The van der Waals surface area contributed by atoms with Crippen LogP contribution in [0.1, 0.15) is 10.6 Å². The summed E-state index contributed by atoms with van der Waals surface area (Å²) in [4.78, 5) is 5.06. The predicted molar refractivity (Wildman–Crippen MR) is 74.2 cm³/mol. The Morgan fingerprint density at radius 3 is 2.67 bits per heavy atom. The topological polar surface area (TPSA) is 76.3 Å². The normalized spacial score (nSPS) is 12.2. The molecule has 0 atom stereocenters. The first-order valence-corrected chi connectivity index (χ1v) is 8.30. The van der Waals surface area contributed by atoms with Crippen LogP contribution in [0.3, 0.4) is 0 Å². The molecule has 0 saturated heterocycles. The first-order chi connectivity index (χ1) is 8.41. The molecule has 0 bridgehead atoms. The molecule has 0 saturated carbocycles. The lowest BCUT2D eigenvalue weighted by atomic mass is 10.4. The quantitative estimate of drug-likeness (QED) is 0.936. The van der Waals surface area contributed by atoms with Crippen molar-refractivity contribution in [3.63, 3.8) is 0 Å². The number of rotatable bonds is 4. The molecule has 98 valence electrons. The number of nitrogen functional groups attached to an aromatic ring is 1. The molecule has 0 spiro atoms. The molecule has 0 fully saturated rings. The summed E-state index contributed by atoms with van der Waals surface area (Å²) in [7, 11) is -1.90. The Labute approximate surface area is 114 Å². The van der Waals surface area contributed by atoms with Gasteiger partial charge in [-0.3, -0.25) is 0 Å². The molecule has 0 aliphatic rings. The van der Waals surface area contributed by atoms with E-state index < -0.39 is 10.0 Å². The van der Waals surface area contributed by atoms with Crippen molar-refractivity contribution >= 4 is 38.4 Å². The van der Waals surface area contributed by atoms with E-state index in [1.165, 1.54) is 21.7 Å². The Hall–Kier alpha value is -0.960. The van der Waals surface area contributed by atoms with Crippen LogP contribution in [0, 0.1) is 6.92 Å². The monoisotopic (exact) mass is 303 g/mol. The lowest BCUT2D eigenvalue weighted by Crippen LogP contribution is -2.25. The summed E-state index contributed by atoms with van der Waals surface area (Å²) in [5.74, 6) is 0. The van der Waals surface area contributed by atoms with E-state index in [0.29, 0.717) is 12.2 Å². The van der Waals surface area contributed by atoms with Crippen molar-refractivity contribution in [3.05, 3.63) is 27.5 Å². The molecular weight excluding hydrogens is 290 g/mol. The standard InChI is InChI=1S/C10H13N3O2S3/c1-7-9(17-6-12-7)4-13(2)18(14,15)10-3-8(11)5-16-10/h3,5-6H,4,11H2,1-2H3. The molecule has 0 radical (unpaired) electrons. The largest absolute Gasteiger partial charge is 0.398 e. The summed E-state index contributed by atoms with van der Waals surface area (Å²) in [5.41, 5.74) is 8.61. The maximum Gasteiger partial charge on any atom is 0.252 e. The molecular formula is C10H13N3O2S3. The predicted octanol–water partition coefficient (Wildman–Crippen LogP) is 1.92. The second-order valence-electron chi connectivity index (χ2n) is 3.82. The van der Waals surface area contributed by atoms with Crippen molar-refractivity contribution in [2.45, 2.75) is 17.7 Å². The number of hydrogen-bond donors (Lipinski definition) is 1. The Morgan fingerprint density at radius 2 is 2.17 bits per heavy atom. The summed E-state index contributed by atoms with van der Waals surface area (Å²) in [5, 5.41) is 1.62. The number of thiophene rings is 1. The van der Waals surface area contributed by atoms with Gasteiger partial charge in [-0.2, -0.15) is 4.31 Å². The fourth-order valence-corrected chi connectivity index (χ4v) is 4.72. The molecule has 2 heterocycles. The molecule has 0 aliphatic heterocycles. The average molecular weight is 303 g/mol. The zero-order valence-electron chi connectivity index (χ0n) is 9.95. The second kappa shape index (κ2) is 4.96. The number of hydrogen-bond acceptors (Lipinski definition) is 6. The van der Waals surface area contributed by atoms with Gasteiger partial charge in [-0.15, -0.1) is 22.7 Å². The van der Waals surface area contributed by atoms with E-state index >= 15 is 0 Å². The van der Waals surface area contributed by atoms with E-state index in [1.54, 1.807) is 17.9 Å². The molecule has 0 unspecified atom stereocenters. The third-order valence-electron chi connectivity index (χ3n) is 2.47. The van der Waals surface area contributed by atoms with Crippen molar-refractivity contribution in [3.8, 4) is 0 Å². The van der Waals surface area contributed by atoms with E-state index in [4.69, 9.17) is 5.73 Å². The highest BCUT2D eigenvalue weighted by atomic mass is 32.2. The van der Waals surface area contributed by atoms with Crippen molar-refractivity contribution in [2.75, 3.05) is 12.8 Å². The zero-order valence-corrected chi connectivity index (χ0v) is 12.4. The summed E-state index contributed by atoms with van der Waals surface area (Å²) in [6.45, 7) is 2.20. The van der Waals surface area contributed by atoms with Gasteiger partial charge >= 0.3 is 0 Å². The SMILES string of the molecule is Cc1ncsc1CN(C)S(=O)(=O)c1cc(N)cs1. The highest BCUT2D eigenvalue weighted by Gasteiger charge is 2.23. The molecule has 0 aromatic carbocycles. The van der Waals surface area contributed by atoms with Crippen molar-refractivity contribution < 1.29 is 8.42 Å². The van der Waals surface area contributed by atoms with Crippen LogP contribution in [-0.4, -0.2) is 24.8 Å². The highest BCUT2D eigenvalue weighted by molar-refractivity contribution is 7.91. The van der Waals surface area contributed by atoms with Gasteiger partial charge < -0.3 is 5.73 Å². The fraction of sp³-hybridized carbons (Fsp3) is 0.300. The van der Waals surface area contributed by atoms with Gasteiger partial charge in [-0.1, -0.05) is 0 Å². The Morgan fingerprint density at radius 1 is 1.44 bits per heavy atom. The molecule has 8 heteroatoms. The van der Waals surface area contributed by atoms with E-state index in [9.17, 15) is 8.42 Å². The van der Waals surface area contributed by atoms with Crippen molar-refractivity contribution in [1.82, 2.24) is 9.29 Å². The van der Waals surface area contributed by atoms with Crippen LogP contribution >= 0.6 is 22.7 Å². The van der Waals surface area contributed by atoms with Gasteiger partial charge in [0.2, 0.25) is 0 Å². The van der Waals surface area contributed by atoms with Crippen LogP contribution in [-0.2, 0) is 16.6 Å². The molecule has 0 aliphatic carbocycles. The summed E-state index contributed by atoms with van der Waals surface area (Å²) >= 11 is 2.59. The Balaban J connectivity index is 2.23. The number of aromatic nitrogens is 1. The first-order valence-electron chi connectivity index (χ1n) is 5.10. The van der Waals surface area contributed by atoms with Gasteiger partial charge in [0.15, 0.2) is 0 Å². The highest BCUT2D eigenvalue weighted by Crippen LogP contribution is 2.26. The Kier molecular flexibility index (Phi) is 3.71. The van der Waals surface area contributed by atoms with Crippen LogP contribution in [0.2, 0.25) is 0 Å². The van der Waals surface area contributed by atoms with Crippen molar-refractivity contribution in [2.24, 2.45) is 0 Å². The molecule has 18 heavy (non-hydrogen) atoms. The van der Waals surface area contributed by atoms with E-state index in [2.05, 4.69) is 4.98 Å². The fourth-order valence-electron chi connectivity index (χ4n) is 1.38. The van der Waals surface area contributed by atoms with Gasteiger partial charge in [-0.25, -0.2) is 13.4 Å². The third kappa shape index (κ3) is 2.56. The summed E-state index contributed by atoms with van der Waals surface area (Å²) in [6, 6.07) is 1.48. The van der Waals surface area contributed by atoms with Gasteiger partial charge in [0.1, 0.15) is 4.21 Å². The van der Waals surface area contributed by atoms with Crippen LogP contribution in [0.4, 0.5) is 5.69 Å². The lowest BCUT2D eigenvalue weighted by Gasteiger charge is -2.15. The smallest absolute Gasteiger partial charge is 0.252 e. The van der Waals surface area contributed by atoms with Crippen LogP contribution < -0.4 is 5.73 Å². The number of sulfonamides is 1. The average Bonchev–Trinajstić information content (AvgIpc) is 2.89. The molecule has 2 aromatic heterocycles. The molecule has 5 nitrogen and oxygen atoms in total. The number of nitrogens with two attached hydrogens (primary N) is 1. The van der Waals surface area contributed by atoms with E-state index in [-0.39, 0.29) is 4.21 Å². The maximum absolute atomic E-state index is 12.2. The van der Waals surface area contributed by atoms with Crippen LogP contribution in [0.15, 0.2) is 21.2 Å². The van der Waals surface area contributed by atoms with Crippen molar-refractivity contribution in [1.29, 1.82) is 0 Å². The number of aryl methyl sites for hydroxylation is 1. The van der Waals surface area contributed by atoms with Crippen LogP contribution in [0.25, 0.3) is 0 Å². The Bertz CT molecular complexity index is 645. The summed E-state index contributed by atoms with van der Waals surface area (Å²) in [6.07, 6.45) is 0. The number of thiazole rings is 1. The maximum atomic E-state index is 12.2. The van der Waals surface area contributed by atoms with E-state index in [1.807, 2.05) is 6.92 Å². The summed E-state index contributed by atoms with van der Waals surface area (Å²) < 4.78 is 26.1. The van der Waals surface area contributed by atoms with Gasteiger partial charge in [-0.05, 0) is 13.0 Å². The first kappa shape index (κ1) is 13.5. The minimum atomic E-state index is -3.46. The minimum Gasteiger partial charge on any atom is -0.398 e. The molecule has 2 rings (SSSR count). The number of anilines is 1. The van der Waals surface area contributed by atoms with E-state index in [0.717, 1.165) is 21.9 Å². The zero-order chi connectivity index (χ0) is 13.3. The van der Waals surface area contributed by atoms with Gasteiger partial charge in [0.05, 0.1) is 11.2 Å². The third-order valence-corrected chi connectivity index (χ3v) is 6.63. The number of nitrogens with zero attached hydrogens (tertiary/aromatic N) is 2. The van der Waals surface area contributed by atoms with Crippen LogP contribution in [0.5, 0.6) is 0 Å². The minimum absolute atomic E-state index is 0.268.